The van der Waals surface area contributed by atoms with Crippen molar-refractivity contribution in [3.8, 4) is 0 Å². The second-order valence-corrected chi connectivity index (χ2v) is 13.0. The summed E-state index contributed by atoms with van der Waals surface area (Å²) in [5.74, 6) is -0.411. The minimum Gasteiger partial charge on any atom is -0.366 e. The summed E-state index contributed by atoms with van der Waals surface area (Å²) in [6, 6.07) is 13.3. The van der Waals surface area contributed by atoms with Gasteiger partial charge >= 0.3 is 0 Å². The zero-order chi connectivity index (χ0) is 29.9. The highest BCUT2D eigenvalue weighted by Gasteiger charge is 2.31. The lowest BCUT2D eigenvalue weighted by molar-refractivity contribution is 0.0547. The van der Waals surface area contributed by atoms with Crippen molar-refractivity contribution in [2.24, 2.45) is 5.92 Å². The smallest absolute Gasteiger partial charge is 0.272 e. The molecular weight excluding hydrogens is 532 g/mol. The summed E-state index contributed by atoms with van der Waals surface area (Å²) in [5, 5.41) is 3.40. The van der Waals surface area contributed by atoms with Crippen molar-refractivity contribution in [3.63, 3.8) is 0 Å². The highest BCUT2D eigenvalue weighted by atomic mass is 19.2. The summed E-state index contributed by atoms with van der Waals surface area (Å²) >= 11 is 0. The molecule has 1 N–H and O–H groups in total. The molecule has 224 valence electrons. The summed E-state index contributed by atoms with van der Waals surface area (Å²) in [5.41, 5.74) is 4.68. The standard InChI is InChI=1S/C34H43F2N5O/c1-23-31(38-22-39-32(23)37-21-25-5-8-27(9-6-25)34(2,3)4)33(42)41-17-13-28(14-18-41)40-15-11-24(12-16-40)19-26-7-10-29(35)30(36)20-26/h5-10,20,22,24,28H,11-19,21H2,1-4H3,(H,37,38,39). The lowest BCUT2D eigenvalue weighted by atomic mass is 9.87. The molecule has 0 unspecified atom stereocenters. The van der Waals surface area contributed by atoms with Crippen molar-refractivity contribution >= 4 is 11.7 Å². The third kappa shape index (κ3) is 7.14. The fourth-order valence-electron chi connectivity index (χ4n) is 6.26. The molecule has 0 radical (unpaired) electrons. The molecule has 6 nitrogen and oxygen atoms in total. The van der Waals surface area contributed by atoms with Gasteiger partial charge in [0.05, 0.1) is 0 Å². The summed E-state index contributed by atoms with van der Waals surface area (Å²) in [4.78, 5) is 26.7. The number of hydrogen-bond donors (Lipinski definition) is 1. The van der Waals surface area contributed by atoms with E-state index in [-0.39, 0.29) is 11.3 Å². The maximum Gasteiger partial charge on any atom is 0.272 e. The van der Waals surface area contributed by atoms with E-state index in [0.717, 1.165) is 61.9 Å². The SMILES string of the molecule is Cc1c(NCc2ccc(C(C)(C)C)cc2)ncnc1C(=O)N1CCC(N2CCC(Cc3ccc(F)c(F)c3)CC2)CC1. The first-order chi connectivity index (χ1) is 20.1. The summed E-state index contributed by atoms with van der Waals surface area (Å²) < 4.78 is 26.9. The maximum absolute atomic E-state index is 13.6. The predicted molar refractivity (Wildman–Crippen MR) is 163 cm³/mol. The van der Waals surface area contributed by atoms with Gasteiger partial charge in [-0.3, -0.25) is 4.79 Å². The Labute approximate surface area is 248 Å². The normalized spacial score (nSPS) is 17.4. The van der Waals surface area contributed by atoms with Crippen LogP contribution in [0.3, 0.4) is 0 Å². The largest absolute Gasteiger partial charge is 0.366 e. The molecule has 0 bridgehead atoms. The van der Waals surface area contributed by atoms with Gasteiger partial charge in [-0.1, -0.05) is 51.1 Å². The van der Waals surface area contributed by atoms with Gasteiger partial charge < -0.3 is 15.1 Å². The van der Waals surface area contributed by atoms with Crippen LogP contribution in [0.2, 0.25) is 0 Å². The first-order valence-corrected chi connectivity index (χ1v) is 15.2. The molecule has 2 aromatic carbocycles. The van der Waals surface area contributed by atoms with E-state index in [9.17, 15) is 13.6 Å². The highest BCUT2D eigenvalue weighted by molar-refractivity contribution is 5.94. The van der Waals surface area contributed by atoms with Crippen LogP contribution in [0.5, 0.6) is 0 Å². The van der Waals surface area contributed by atoms with E-state index < -0.39 is 11.6 Å². The number of aromatic nitrogens is 2. The van der Waals surface area contributed by atoms with Gasteiger partial charge in [-0.15, -0.1) is 0 Å². The molecule has 42 heavy (non-hydrogen) atoms. The number of anilines is 1. The fourth-order valence-corrected chi connectivity index (χ4v) is 6.26. The zero-order valence-electron chi connectivity index (χ0n) is 25.3. The van der Waals surface area contributed by atoms with E-state index >= 15 is 0 Å². The quantitative estimate of drug-likeness (QED) is 0.347. The van der Waals surface area contributed by atoms with Crippen LogP contribution in [0, 0.1) is 24.5 Å². The van der Waals surface area contributed by atoms with Gasteiger partial charge in [0.2, 0.25) is 0 Å². The molecule has 5 rings (SSSR count). The van der Waals surface area contributed by atoms with E-state index in [1.165, 1.54) is 24.0 Å². The van der Waals surface area contributed by atoms with E-state index in [1.54, 1.807) is 6.07 Å². The van der Waals surface area contributed by atoms with Gasteiger partial charge in [-0.25, -0.2) is 18.7 Å². The number of hydrogen-bond acceptors (Lipinski definition) is 5. The Kier molecular flexibility index (Phi) is 9.21. The molecule has 0 atom stereocenters. The van der Waals surface area contributed by atoms with Crippen LogP contribution < -0.4 is 5.32 Å². The molecule has 8 heteroatoms. The lowest BCUT2D eigenvalue weighted by Crippen LogP contribution is -2.49. The number of piperidine rings is 2. The molecule has 0 saturated carbocycles. The average Bonchev–Trinajstić information content (AvgIpc) is 2.98. The Hall–Kier alpha value is -3.39. The first kappa shape index (κ1) is 30.1. The van der Waals surface area contributed by atoms with Crippen LogP contribution in [0.4, 0.5) is 14.6 Å². The second kappa shape index (κ2) is 12.9. The van der Waals surface area contributed by atoms with Gasteiger partial charge in [0, 0.05) is 31.2 Å². The van der Waals surface area contributed by atoms with Gasteiger partial charge in [-0.05, 0) is 92.3 Å². The number of carbonyl (C=O) groups is 1. The molecule has 3 heterocycles. The lowest BCUT2D eigenvalue weighted by Gasteiger charge is -2.42. The number of carbonyl (C=O) groups excluding carboxylic acids is 1. The predicted octanol–water partition coefficient (Wildman–Crippen LogP) is 6.53. The van der Waals surface area contributed by atoms with Gasteiger partial charge in [0.25, 0.3) is 5.91 Å². The van der Waals surface area contributed by atoms with Crippen molar-refractivity contribution in [3.05, 3.63) is 88.4 Å². The van der Waals surface area contributed by atoms with Crippen LogP contribution in [-0.2, 0) is 18.4 Å². The molecule has 3 aromatic rings. The highest BCUT2D eigenvalue weighted by Crippen LogP contribution is 2.28. The van der Waals surface area contributed by atoms with Gasteiger partial charge in [0.15, 0.2) is 11.6 Å². The molecule has 2 aliphatic heterocycles. The van der Waals surface area contributed by atoms with Crippen molar-refractivity contribution in [2.45, 2.75) is 77.8 Å². The van der Waals surface area contributed by atoms with Crippen LogP contribution in [0.25, 0.3) is 0 Å². The molecular formula is C34H43F2N5O. The van der Waals surface area contributed by atoms with Gasteiger partial charge in [-0.2, -0.15) is 0 Å². The van der Waals surface area contributed by atoms with Gasteiger partial charge in [0.1, 0.15) is 17.8 Å². The summed E-state index contributed by atoms with van der Waals surface area (Å²) in [7, 11) is 0. The third-order valence-electron chi connectivity index (χ3n) is 8.99. The van der Waals surface area contributed by atoms with E-state index in [4.69, 9.17) is 0 Å². The van der Waals surface area contributed by atoms with E-state index in [0.29, 0.717) is 43.1 Å². The van der Waals surface area contributed by atoms with Crippen molar-refractivity contribution < 1.29 is 13.6 Å². The number of benzene rings is 2. The molecule has 2 saturated heterocycles. The number of halogens is 2. The third-order valence-corrected chi connectivity index (χ3v) is 8.99. The Balaban J connectivity index is 1.10. The summed E-state index contributed by atoms with van der Waals surface area (Å²) in [6.45, 7) is 12.6. The molecule has 2 fully saturated rings. The minimum atomic E-state index is -0.789. The molecule has 1 amide bonds. The van der Waals surface area contributed by atoms with Crippen LogP contribution in [0.15, 0.2) is 48.8 Å². The molecule has 0 spiro atoms. The fraction of sp³-hybridized carbons (Fsp3) is 0.500. The molecule has 1 aromatic heterocycles. The Morgan fingerprint density at radius 1 is 0.905 bits per heavy atom. The topological polar surface area (TPSA) is 61.4 Å². The Morgan fingerprint density at radius 2 is 1.57 bits per heavy atom. The minimum absolute atomic E-state index is 0.0313. The van der Waals surface area contributed by atoms with Crippen LogP contribution >= 0.6 is 0 Å². The van der Waals surface area contributed by atoms with Crippen molar-refractivity contribution in [1.82, 2.24) is 19.8 Å². The van der Waals surface area contributed by atoms with Crippen molar-refractivity contribution in [2.75, 3.05) is 31.5 Å². The van der Waals surface area contributed by atoms with E-state index in [1.807, 2.05) is 11.8 Å². The van der Waals surface area contributed by atoms with Crippen LogP contribution in [-0.4, -0.2) is 57.9 Å². The molecule has 2 aliphatic rings. The van der Waals surface area contributed by atoms with Crippen LogP contribution in [0.1, 0.15) is 79.2 Å². The average molecular weight is 576 g/mol. The number of rotatable bonds is 7. The number of likely N-dealkylation sites (tertiary alicyclic amines) is 2. The molecule has 0 aliphatic carbocycles. The van der Waals surface area contributed by atoms with Crippen molar-refractivity contribution in [1.29, 1.82) is 0 Å². The van der Waals surface area contributed by atoms with E-state index in [2.05, 4.69) is 65.2 Å². The monoisotopic (exact) mass is 575 g/mol. The number of nitrogens with one attached hydrogen (secondary N) is 1. The second-order valence-electron chi connectivity index (χ2n) is 13.0. The zero-order valence-corrected chi connectivity index (χ0v) is 25.3. The number of nitrogens with zero attached hydrogens (tertiary/aromatic N) is 4. The number of amides is 1. The first-order valence-electron chi connectivity index (χ1n) is 15.2. The Morgan fingerprint density at radius 3 is 2.21 bits per heavy atom. The maximum atomic E-state index is 13.6. The Bertz CT molecular complexity index is 1370. The summed E-state index contributed by atoms with van der Waals surface area (Å²) in [6.07, 6.45) is 6.25.